The van der Waals surface area contributed by atoms with Gasteiger partial charge in [0.25, 0.3) is 0 Å². The molecule has 2 rings (SSSR count). The Balaban J connectivity index is 2.21. The van der Waals surface area contributed by atoms with Crippen molar-refractivity contribution in [2.45, 2.75) is 38.2 Å². The summed E-state index contributed by atoms with van der Waals surface area (Å²) in [6.07, 6.45) is 1.51. The second kappa shape index (κ2) is 8.54. The zero-order valence-electron chi connectivity index (χ0n) is 14.4. The number of halogens is 1. The number of piperidine rings is 1. The van der Waals surface area contributed by atoms with Crippen molar-refractivity contribution in [1.82, 2.24) is 10.2 Å². The van der Waals surface area contributed by atoms with Gasteiger partial charge in [-0.3, -0.25) is 4.79 Å². The van der Waals surface area contributed by atoms with E-state index in [9.17, 15) is 19.8 Å². The second-order valence-electron chi connectivity index (χ2n) is 6.59. The molecular formula is C18H25ClN2O4. The van der Waals surface area contributed by atoms with Gasteiger partial charge in [0.15, 0.2) is 0 Å². The van der Waals surface area contributed by atoms with Crippen molar-refractivity contribution in [2.24, 2.45) is 5.92 Å². The average molecular weight is 369 g/mol. The highest BCUT2D eigenvalue weighted by atomic mass is 35.5. The van der Waals surface area contributed by atoms with E-state index in [0.29, 0.717) is 49.5 Å². The van der Waals surface area contributed by atoms with Crippen LogP contribution in [0.4, 0.5) is 4.79 Å². The van der Waals surface area contributed by atoms with Gasteiger partial charge < -0.3 is 20.4 Å². The Kier molecular flexibility index (Phi) is 6.67. The highest BCUT2D eigenvalue weighted by molar-refractivity contribution is 6.30. The van der Waals surface area contributed by atoms with Crippen molar-refractivity contribution < 1.29 is 19.8 Å². The molecule has 1 aromatic carbocycles. The van der Waals surface area contributed by atoms with Crippen LogP contribution in [0.5, 0.6) is 0 Å². The van der Waals surface area contributed by atoms with Gasteiger partial charge >= 0.3 is 6.09 Å². The number of hydrogen-bond donors (Lipinski definition) is 3. The maximum Gasteiger partial charge on any atom is 0.407 e. The third-order valence-corrected chi connectivity index (χ3v) is 5.04. The summed E-state index contributed by atoms with van der Waals surface area (Å²) in [4.78, 5) is 23.7. The van der Waals surface area contributed by atoms with Gasteiger partial charge in [-0.25, -0.2) is 4.79 Å². The highest BCUT2D eigenvalue weighted by Crippen LogP contribution is 2.40. The van der Waals surface area contributed by atoms with Crippen LogP contribution in [0.1, 0.15) is 38.2 Å². The first-order chi connectivity index (χ1) is 11.8. The number of carbonyl (C=O) groups excluding carboxylic acids is 1. The van der Waals surface area contributed by atoms with E-state index in [0.717, 1.165) is 6.42 Å². The molecule has 0 aliphatic carbocycles. The second-order valence-corrected chi connectivity index (χ2v) is 7.03. The largest absolute Gasteiger partial charge is 0.465 e. The molecule has 1 fully saturated rings. The first-order valence-corrected chi connectivity index (χ1v) is 8.91. The van der Waals surface area contributed by atoms with Crippen molar-refractivity contribution in [3.05, 3.63) is 34.9 Å². The number of carboxylic acid groups (broad SMARTS) is 1. The van der Waals surface area contributed by atoms with Gasteiger partial charge in [-0.15, -0.1) is 0 Å². The molecule has 25 heavy (non-hydrogen) atoms. The van der Waals surface area contributed by atoms with E-state index < -0.39 is 11.7 Å². The van der Waals surface area contributed by atoms with E-state index in [4.69, 9.17) is 11.6 Å². The SMILES string of the molecule is CC(=O)NCCCC(O)(c1cccc(Cl)c1)C1CCCN(C(=O)O)C1. The molecular weight excluding hydrogens is 344 g/mol. The maximum absolute atomic E-state index is 11.5. The minimum absolute atomic E-state index is 0.110. The fraction of sp³-hybridized carbons (Fsp3) is 0.556. The van der Waals surface area contributed by atoms with Crippen LogP contribution < -0.4 is 5.32 Å². The Morgan fingerprint density at radius 1 is 1.44 bits per heavy atom. The summed E-state index contributed by atoms with van der Waals surface area (Å²) in [5.74, 6) is -0.325. The van der Waals surface area contributed by atoms with Gasteiger partial charge in [0.2, 0.25) is 5.91 Å². The molecule has 0 bridgehead atoms. The first kappa shape index (κ1) is 19.5. The summed E-state index contributed by atoms with van der Waals surface area (Å²) >= 11 is 6.10. The molecule has 2 amide bonds. The minimum atomic E-state index is -1.18. The van der Waals surface area contributed by atoms with E-state index in [2.05, 4.69) is 5.32 Å². The molecule has 0 spiro atoms. The lowest BCUT2D eigenvalue weighted by Gasteiger charge is -2.42. The molecule has 6 nitrogen and oxygen atoms in total. The van der Waals surface area contributed by atoms with Crippen LogP contribution in [-0.2, 0) is 10.4 Å². The van der Waals surface area contributed by atoms with Crippen LogP contribution in [0.2, 0.25) is 5.02 Å². The lowest BCUT2D eigenvalue weighted by molar-refractivity contribution is -0.119. The molecule has 0 radical (unpaired) electrons. The number of amides is 2. The number of aliphatic hydroxyl groups is 1. The Labute approximate surface area is 152 Å². The smallest absolute Gasteiger partial charge is 0.407 e. The van der Waals surface area contributed by atoms with Gasteiger partial charge in [0.1, 0.15) is 0 Å². The maximum atomic E-state index is 11.5. The van der Waals surface area contributed by atoms with Crippen LogP contribution in [0.15, 0.2) is 24.3 Å². The zero-order chi connectivity index (χ0) is 18.4. The molecule has 7 heteroatoms. The van der Waals surface area contributed by atoms with Gasteiger partial charge in [0, 0.05) is 37.5 Å². The molecule has 2 atom stereocenters. The van der Waals surface area contributed by atoms with Gasteiger partial charge in [-0.05, 0) is 43.4 Å². The summed E-state index contributed by atoms with van der Waals surface area (Å²) < 4.78 is 0. The third kappa shape index (κ3) is 5.09. The molecule has 1 aliphatic rings. The average Bonchev–Trinajstić information content (AvgIpc) is 2.58. The Hall–Kier alpha value is -1.79. The molecule has 2 unspecified atom stereocenters. The predicted octanol–water partition coefficient (Wildman–Crippen LogP) is 2.83. The number of benzene rings is 1. The molecule has 0 aromatic heterocycles. The van der Waals surface area contributed by atoms with E-state index in [1.54, 1.807) is 18.2 Å². The normalized spacial score (nSPS) is 20.0. The molecule has 3 N–H and O–H groups in total. The molecule has 1 heterocycles. The number of nitrogens with one attached hydrogen (secondary N) is 1. The van der Waals surface area contributed by atoms with Gasteiger partial charge in [0.05, 0.1) is 5.60 Å². The molecule has 1 saturated heterocycles. The van der Waals surface area contributed by atoms with E-state index in [-0.39, 0.29) is 11.8 Å². The first-order valence-electron chi connectivity index (χ1n) is 8.53. The lowest BCUT2D eigenvalue weighted by Crippen LogP contribution is -2.48. The van der Waals surface area contributed by atoms with Gasteiger partial charge in [-0.2, -0.15) is 0 Å². The molecule has 138 valence electrons. The highest BCUT2D eigenvalue weighted by Gasteiger charge is 2.41. The van der Waals surface area contributed by atoms with Crippen LogP contribution in [-0.4, -0.2) is 46.7 Å². The summed E-state index contributed by atoms with van der Waals surface area (Å²) in [7, 11) is 0. The molecule has 0 saturated carbocycles. The van der Waals surface area contributed by atoms with Gasteiger partial charge in [-0.1, -0.05) is 23.7 Å². The van der Waals surface area contributed by atoms with Crippen molar-refractivity contribution >= 4 is 23.6 Å². The Morgan fingerprint density at radius 3 is 2.84 bits per heavy atom. The Bertz CT molecular complexity index is 625. The zero-order valence-corrected chi connectivity index (χ0v) is 15.1. The van der Waals surface area contributed by atoms with Crippen LogP contribution in [0.25, 0.3) is 0 Å². The number of nitrogens with zero attached hydrogens (tertiary/aromatic N) is 1. The fourth-order valence-corrected chi connectivity index (χ4v) is 3.70. The standard InChI is InChI=1S/C18H25ClN2O4/c1-13(22)20-9-4-8-18(25,14-5-2-7-16(19)11-14)15-6-3-10-21(12-15)17(23)24/h2,5,7,11,15,25H,3-4,6,8-10,12H2,1H3,(H,20,22)(H,23,24). The van der Waals surface area contributed by atoms with Crippen molar-refractivity contribution in [2.75, 3.05) is 19.6 Å². The number of carbonyl (C=O) groups is 2. The quantitative estimate of drug-likeness (QED) is 0.673. The van der Waals surface area contributed by atoms with Crippen molar-refractivity contribution in [1.29, 1.82) is 0 Å². The lowest BCUT2D eigenvalue weighted by atomic mass is 9.74. The third-order valence-electron chi connectivity index (χ3n) is 4.80. The van der Waals surface area contributed by atoms with E-state index >= 15 is 0 Å². The monoisotopic (exact) mass is 368 g/mol. The summed E-state index contributed by atoms with van der Waals surface area (Å²) in [6, 6.07) is 7.09. The van der Waals surface area contributed by atoms with Crippen molar-refractivity contribution in [3.63, 3.8) is 0 Å². The van der Waals surface area contributed by atoms with Crippen LogP contribution >= 0.6 is 11.6 Å². The van der Waals surface area contributed by atoms with E-state index in [1.807, 2.05) is 6.07 Å². The topological polar surface area (TPSA) is 89.9 Å². The Morgan fingerprint density at radius 2 is 2.20 bits per heavy atom. The molecule has 1 aliphatic heterocycles. The molecule has 1 aromatic rings. The van der Waals surface area contributed by atoms with Crippen LogP contribution in [0.3, 0.4) is 0 Å². The van der Waals surface area contributed by atoms with E-state index in [1.165, 1.54) is 11.8 Å². The fourth-order valence-electron chi connectivity index (χ4n) is 3.50. The van der Waals surface area contributed by atoms with Crippen LogP contribution in [0, 0.1) is 5.92 Å². The minimum Gasteiger partial charge on any atom is -0.465 e. The number of rotatable bonds is 6. The number of likely N-dealkylation sites (tertiary alicyclic amines) is 1. The summed E-state index contributed by atoms with van der Waals surface area (Å²) in [5.41, 5.74) is -0.489. The summed E-state index contributed by atoms with van der Waals surface area (Å²) in [5, 5.41) is 24.1. The number of hydrogen-bond acceptors (Lipinski definition) is 3. The predicted molar refractivity (Wildman–Crippen MR) is 95.6 cm³/mol. The van der Waals surface area contributed by atoms with Crippen molar-refractivity contribution in [3.8, 4) is 0 Å². The summed E-state index contributed by atoms with van der Waals surface area (Å²) in [6.45, 7) is 2.70.